The van der Waals surface area contributed by atoms with Gasteiger partial charge in [-0.2, -0.15) is 0 Å². The highest BCUT2D eigenvalue weighted by Crippen LogP contribution is 2.14. The fourth-order valence-corrected chi connectivity index (χ4v) is 1.61. The topological polar surface area (TPSA) is 127 Å². The number of hydrogen-bond acceptors (Lipinski definition) is 5. The predicted molar refractivity (Wildman–Crippen MR) is 68.8 cm³/mol. The van der Waals surface area contributed by atoms with Crippen LogP contribution in [0.5, 0.6) is 0 Å². The van der Waals surface area contributed by atoms with Gasteiger partial charge in [-0.25, -0.2) is 11.7 Å². The van der Waals surface area contributed by atoms with E-state index in [1.54, 1.807) is 6.07 Å². The zero-order chi connectivity index (χ0) is 14.4. The van der Waals surface area contributed by atoms with Gasteiger partial charge in [0.05, 0.1) is 11.1 Å². The second kappa shape index (κ2) is 6.62. The molecule has 1 rings (SSSR count). The standard InChI is InChI=1S/C12H16N4O3/c1-7(17)2-3-8-4-5-9(11(18)15-13)10(6-8)12(19)16-14/h4-6H,2-3,13-14H2,1H3,(H,15,18)(H,16,19). The summed E-state index contributed by atoms with van der Waals surface area (Å²) in [6.45, 7) is 1.49. The Morgan fingerprint density at radius 3 is 2.16 bits per heavy atom. The van der Waals surface area contributed by atoms with E-state index in [4.69, 9.17) is 11.7 Å². The van der Waals surface area contributed by atoms with Gasteiger partial charge in [-0.15, -0.1) is 0 Å². The first-order valence-electron chi connectivity index (χ1n) is 5.63. The molecule has 7 nitrogen and oxygen atoms in total. The first-order chi connectivity index (χ1) is 8.99. The smallest absolute Gasteiger partial charge is 0.265 e. The molecule has 6 N–H and O–H groups in total. The van der Waals surface area contributed by atoms with Crippen LogP contribution in [0.1, 0.15) is 39.6 Å². The number of nitrogen functional groups attached to an aromatic ring is 2. The van der Waals surface area contributed by atoms with Gasteiger partial charge in [0.1, 0.15) is 5.78 Å². The van der Waals surface area contributed by atoms with Gasteiger partial charge in [0.2, 0.25) is 0 Å². The molecule has 0 radical (unpaired) electrons. The lowest BCUT2D eigenvalue weighted by Crippen LogP contribution is -2.35. The van der Waals surface area contributed by atoms with Crippen molar-refractivity contribution < 1.29 is 14.4 Å². The van der Waals surface area contributed by atoms with Crippen molar-refractivity contribution in [3.63, 3.8) is 0 Å². The molecule has 0 aliphatic carbocycles. The largest absolute Gasteiger partial charge is 0.300 e. The summed E-state index contributed by atoms with van der Waals surface area (Å²) < 4.78 is 0. The molecule has 0 saturated carbocycles. The summed E-state index contributed by atoms with van der Waals surface area (Å²) >= 11 is 0. The molecule has 7 heteroatoms. The lowest BCUT2D eigenvalue weighted by Gasteiger charge is -2.09. The van der Waals surface area contributed by atoms with E-state index in [2.05, 4.69) is 0 Å². The minimum Gasteiger partial charge on any atom is -0.300 e. The summed E-state index contributed by atoms with van der Waals surface area (Å²) in [5.74, 6) is 8.98. The summed E-state index contributed by atoms with van der Waals surface area (Å²) in [4.78, 5) is 34.1. The number of hydrazine groups is 2. The van der Waals surface area contributed by atoms with Gasteiger partial charge in [0.15, 0.2) is 0 Å². The molecule has 102 valence electrons. The van der Waals surface area contributed by atoms with Gasteiger partial charge in [-0.3, -0.25) is 20.4 Å². The van der Waals surface area contributed by atoms with Gasteiger partial charge in [-0.05, 0) is 31.0 Å². The highest BCUT2D eigenvalue weighted by molar-refractivity contribution is 6.07. The Balaban J connectivity index is 3.11. The van der Waals surface area contributed by atoms with Gasteiger partial charge in [0, 0.05) is 6.42 Å². The van der Waals surface area contributed by atoms with Crippen LogP contribution >= 0.6 is 0 Å². The molecular formula is C12H16N4O3. The Labute approximate surface area is 110 Å². The summed E-state index contributed by atoms with van der Waals surface area (Å²) in [5, 5.41) is 0. The van der Waals surface area contributed by atoms with Crippen LogP contribution in [0, 0.1) is 0 Å². The van der Waals surface area contributed by atoms with Crippen LogP contribution in [0.2, 0.25) is 0 Å². The van der Waals surface area contributed by atoms with E-state index in [0.29, 0.717) is 12.8 Å². The third-order valence-electron chi connectivity index (χ3n) is 2.60. The molecule has 1 aromatic rings. The van der Waals surface area contributed by atoms with Crippen LogP contribution in [0.25, 0.3) is 0 Å². The summed E-state index contributed by atoms with van der Waals surface area (Å²) in [5.41, 5.74) is 4.93. The normalized spacial score (nSPS) is 9.84. The van der Waals surface area contributed by atoms with Crippen molar-refractivity contribution in [2.75, 3.05) is 0 Å². The number of nitrogens with two attached hydrogens (primary N) is 2. The van der Waals surface area contributed by atoms with Crippen molar-refractivity contribution in [3.8, 4) is 0 Å². The molecule has 0 heterocycles. The molecule has 1 aromatic carbocycles. The number of rotatable bonds is 5. The third kappa shape index (κ3) is 3.87. The predicted octanol–water partition coefficient (Wildman–Crippen LogP) is -0.585. The van der Waals surface area contributed by atoms with Gasteiger partial charge in [0.25, 0.3) is 11.8 Å². The quantitative estimate of drug-likeness (QED) is 0.321. The third-order valence-corrected chi connectivity index (χ3v) is 2.60. The van der Waals surface area contributed by atoms with Crippen LogP contribution in [-0.4, -0.2) is 17.6 Å². The van der Waals surface area contributed by atoms with Crippen molar-refractivity contribution in [1.82, 2.24) is 10.9 Å². The monoisotopic (exact) mass is 264 g/mol. The van der Waals surface area contributed by atoms with E-state index in [-0.39, 0.29) is 16.9 Å². The molecule has 0 atom stereocenters. The molecule has 0 fully saturated rings. The first kappa shape index (κ1) is 14.8. The number of carbonyl (C=O) groups excluding carboxylic acids is 3. The average molecular weight is 264 g/mol. The number of nitrogens with one attached hydrogen (secondary N) is 2. The van der Waals surface area contributed by atoms with Crippen LogP contribution in [0.3, 0.4) is 0 Å². The van der Waals surface area contributed by atoms with E-state index in [1.807, 2.05) is 10.9 Å². The van der Waals surface area contributed by atoms with Crippen molar-refractivity contribution in [2.45, 2.75) is 19.8 Å². The SMILES string of the molecule is CC(=O)CCc1ccc(C(=O)NN)c(C(=O)NN)c1. The van der Waals surface area contributed by atoms with Crippen molar-refractivity contribution in [3.05, 3.63) is 34.9 Å². The Hall–Kier alpha value is -2.25. The van der Waals surface area contributed by atoms with Gasteiger partial charge < -0.3 is 4.79 Å². The molecule has 0 spiro atoms. The van der Waals surface area contributed by atoms with Crippen LogP contribution in [-0.2, 0) is 11.2 Å². The zero-order valence-electron chi connectivity index (χ0n) is 10.5. The highest BCUT2D eigenvalue weighted by atomic mass is 16.2. The maximum atomic E-state index is 11.6. The summed E-state index contributed by atoms with van der Waals surface area (Å²) in [6.07, 6.45) is 0.858. The second-order valence-electron chi connectivity index (χ2n) is 4.03. The fraction of sp³-hybridized carbons (Fsp3) is 0.250. The molecule has 19 heavy (non-hydrogen) atoms. The minimum atomic E-state index is -0.594. The maximum absolute atomic E-state index is 11.6. The molecule has 0 aliphatic rings. The molecule has 0 aromatic heterocycles. The molecular weight excluding hydrogens is 248 g/mol. The maximum Gasteiger partial charge on any atom is 0.265 e. The number of carbonyl (C=O) groups is 3. The zero-order valence-corrected chi connectivity index (χ0v) is 10.5. The Morgan fingerprint density at radius 1 is 1.05 bits per heavy atom. The van der Waals surface area contributed by atoms with E-state index in [0.717, 1.165) is 5.56 Å². The number of hydrogen-bond donors (Lipinski definition) is 4. The molecule has 0 unspecified atom stereocenters. The van der Waals surface area contributed by atoms with Crippen LogP contribution in [0.15, 0.2) is 18.2 Å². The fourth-order valence-electron chi connectivity index (χ4n) is 1.61. The van der Waals surface area contributed by atoms with E-state index >= 15 is 0 Å². The van der Waals surface area contributed by atoms with Crippen molar-refractivity contribution in [1.29, 1.82) is 0 Å². The lowest BCUT2D eigenvalue weighted by atomic mass is 9.99. The Kier molecular flexibility index (Phi) is 5.16. The number of benzene rings is 1. The number of aryl methyl sites for hydroxylation is 1. The van der Waals surface area contributed by atoms with Crippen molar-refractivity contribution >= 4 is 17.6 Å². The highest BCUT2D eigenvalue weighted by Gasteiger charge is 2.16. The summed E-state index contributed by atoms with van der Waals surface area (Å²) in [7, 11) is 0. The van der Waals surface area contributed by atoms with Gasteiger partial charge >= 0.3 is 0 Å². The molecule has 0 aliphatic heterocycles. The van der Waals surface area contributed by atoms with Crippen molar-refractivity contribution in [2.24, 2.45) is 11.7 Å². The number of Topliss-reactive ketones (excluding diaryl/α,β-unsaturated/α-hetero) is 1. The van der Waals surface area contributed by atoms with Crippen LogP contribution in [0.4, 0.5) is 0 Å². The molecule has 2 amide bonds. The minimum absolute atomic E-state index is 0.0496. The molecule has 0 bridgehead atoms. The van der Waals surface area contributed by atoms with E-state index in [1.165, 1.54) is 19.1 Å². The lowest BCUT2D eigenvalue weighted by molar-refractivity contribution is -0.116. The van der Waals surface area contributed by atoms with Crippen LogP contribution < -0.4 is 22.5 Å². The average Bonchev–Trinajstić information content (AvgIpc) is 2.43. The number of ketones is 1. The van der Waals surface area contributed by atoms with E-state index in [9.17, 15) is 14.4 Å². The van der Waals surface area contributed by atoms with Gasteiger partial charge in [-0.1, -0.05) is 6.07 Å². The Morgan fingerprint density at radius 2 is 1.63 bits per heavy atom. The molecule has 0 saturated heterocycles. The number of amides is 2. The van der Waals surface area contributed by atoms with E-state index < -0.39 is 11.8 Å². The first-order valence-corrected chi connectivity index (χ1v) is 5.63. The Bertz CT molecular complexity index is 514. The summed E-state index contributed by atoms with van der Waals surface area (Å²) in [6, 6.07) is 4.67. The second-order valence-corrected chi connectivity index (χ2v) is 4.03.